The number of nitrogens with one attached hydrogen (secondary N) is 1. The zero-order chi connectivity index (χ0) is 15.4. The molecule has 0 unspecified atom stereocenters. The maximum atomic E-state index is 5.77. The van der Waals surface area contributed by atoms with Crippen molar-refractivity contribution in [1.82, 2.24) is 9.97 Å². The zero-order valence-electron chi connectivity index (χ0n) is 12.6. The third-order valence-corrected chi connectivity index (χ3v) is 3.25. The molecule has 5 nitrogen and oxygen atoms in total. The van der Waals surface area contributed by atoms with Gasteiger partial charge in [0.15, 0.2) is 11.5 Å². The number of hydrogen-bond acceptors (Lipinski definition) is 4. The van der Waals surface area contributed by atoms with E-state index in [9.17, 15) is 0 Å². The van der Waals surface area contributed by atoms with Crippen LogP contribution in [0, 0.1) is 0 Å². The molecule has 0 aliphatic carbocycles. The fourth-order valence-corrected chi connectivity index (χ4v) is 2.25. The van der Waals surface area contributed by atoms with Gasteiger partial charge in [0.2, 0.25) is 0 Å². The molecule has 0 radical (unpaired) electrons. The van der Waals surface area contributed by atoms with Crippen LogP contribution in [0.5, 0.6) is 17.2 Å². The summed E-state index contributed by atoms with van der Waals surface area (Å²) in [4.78, 5) is 7.75. The molecule has 22 heavy (non-hydrogen) atoms. The number of H-pyrrole nitrogens is 1. The summed E-state index contributed by atoms with van der Waals surface area (Å²) in [6.45, 7) is 2.95. The normalized spacial score (nSPS) is 10.6. The molecule has 0 spiro atoms. The largest absolute Gasteiger partial charge is 0.494 e. The number of methoxy groups -OCH3 is 1. The Bertz CT molecular complexity index is 767. The minimum Gasteiger partial charge on any atom is -0.494 e. The van der Waals surface area contributed by atoms with E-state index in [1.807, 2.05) is 49.4 Å². The molecule has 1 aromatic heterocycles. The average Bonchev–Trinajstić information content (AvgIpc) is 2.95. The van der Waals surface area contributed by atoms with E-state index in [0.717, 1.165) is 22.6 Å². The lowest BCUT2D eigenvalue weighted by atomic mass is 10.3. The molecule has 0 saturated carbocycles. The van der Waals surface area contributed by atoms with Crippen molar-refractivity contribution in [2.75, 3.05) is 13.7 Å². The topological polar surface area (TPSA) is 56.4 Å². The second-order valence-electron chi connectivity index (χ2n) is 4.73. The second kappa shape index (κ2) is 6.39. The summed E-state index contributed by atoms with van der Waals surface area (Å²) in [5.41, 5.74) is 1.83. The van der Waals surface area contributed by atoms with Crippen LogP contribution in [0.1, 0.15) is 12.7 Å². The number of para-hydroxylation sites is 2. The summed E-state index contributed by atoms with van der Waals surface area (Å²) in [6, 6.07) is 13.3. The highest BCUT2D eigenvalue weighted by molar-refractivity contribution is 5.76. The van der Waals surface area contributed by atoms with Gasteiger partial charge in [-0.15, -0.1) is 0 Å². The molecule has 0 atom stereocenters. The van der Waals surface area contributed by atoms with Gasteiger partial charge in [0.1, 0.15) is 18.2 Å². The fraction of sp³-hybridized carbons (Fsp3) is 0.235. The van der Waals surface area contributed by atoms with Crippen molar-refractivity contribution in [2.45, 2.75) is 13.5 Å². The SMILES string of the molecule is CCOc1ccc2nc(COc3ccccc3OC)[nH]c2c1. The molecule has 1 N–H and O–H groups in total. The Labute approximate surface area is 128 Å². The minimum atomic E-state index is 0.346. The summed E-state index contributed by atoms with van der Waals surface area (Å²) in [5, 5.41) is 0. The van der Waals surface area contributed by atoms with Crippen LogP contribution >= 0.6 is 0 Å². The number of imidazole rings is 1. The van der Waals surface area contributed by atoms with Crippen molar-refractivity contribution < 1.29 is 14.2 Å². The van der Waals surface area contributed by atoms with Crippen molar-refractivity contribution in [2.24, 2.45) is 0 Å². The predicted molar refractivity (Wildman–Crippen MR) is 84.6 cm³/mol. The highest BCUT2D eigenvalue weighted by Gasteiger charge is 2.07. The maximum Gasteiger partial charge on any atom is 0.161 e. The summed E-state index contributed by atoms with van der Waals surface area (Å²) < 4.78 is 16.5. The number of hydrogen-bond donors (Lipinski definition) is 1. The monoisotopic (exact) mass is 298 g/mol. The standard InChI is InChI=1S/C17H18N2O3/c1-3-21-12-8-9-13-14(10-12)19-17(18-13)11-22-16-7-5-4-6-15(16)20-2/h4-10H,3,11H2,1-2H3,(H,18,19). The van der Waals surface area contributed by atoms with E-state index in [2.05, 4.69) is 9.97 Å². The molecular weight excluding hydrogens is 280 g/mol. The van der Waals surface area contributed by atoms with Crippen molar-refractivity contribution in [3.05, 3.63) is 48.3 Å². The molecule has 0 bridgehead atoms. The zero-order valence-corrected chi connectivity index (χ0v) is 12.6. The van der Waals surface area contributed by atoms with Gasteiger partial charge in [0, 0.05) is 6.07 Å². The van der Waals surface area contributed by atoms with Crippen LogP contribution in [-0.4, -0.2) is 23.7 Å². The van der Waals surface area contributed by atoms with Crippen LogP contribution in [0.15, 0.2) is 42.5 Å². The van der Waals surface area contributed by atoms with E-state index in [0.29, 0.717) is 24.7 Å². The summed E-state index contributed by atoms with van der Waals surface area (Å²) in [6.07, 6.45) is 0. The number of aromatic nitrogens is 2. The van der Waals surface area contributed by atoms with Crippen LogP contribution in [0.25, 0.3) is 11.0 Å². The van der Waals surface area contributed by atoms with Gasteiger partial charge in [0.05, 0.1) is 24.8 Å². The van der Waals surface area contributed by atoms with E-state index in [4.69, 9.17) is 14.2 Å². The van der Waals surface area contributed by atoms with E-state index >= 15 is 0 Å². The fourth-order valence-electron chi connectivity index (χ4n) is 2.25. The first-order valence-electron chi connectivity index (χ1n) is 7.17. The number of nitrogens with zero attached hydrogens (tertiary/aromatic N) is 1. The first-order valence-corrected chi connectivity index (χ1v) is 7.17. The van der Waals surface area contributed by atoms with Gasteiger partial charge in [-0.25, -0.2) is 4.98 Å². The van der Waals surface area contributed by atoms with Crippen LogP contribution in [0.3, 0.4) is 0 Å². The molecule has 0 amide bonds. The highest BCUT2D eigenvalue weighted by Crippen LogP contribution is 2.27. The van der Waals surface area contributed by atoms with Gasteiger partial charge in [-0.1, -0.05) is 12.1 Å². The lowest BCUT2D eigenvalue weighted by Crippen LogP contribution is -1.99. The Balaban J connectivity index is 1.76. The summed E-state index contributed by atoms with van der Waals surface area (Å²) >= 11 is 0. The van der Waals surface area contributed by atoms with E-state index in [1.165, 1.54) is 0 Å². The van der Waals surface area contributed by atoms with Crippen molar-refractivity contribution >= 4 is 11.0 Å². The first-order chi connectivity index (χ1) is 10.8. The second-order valence-corrected chi connectivity index (χ2v) is 4.73. The molecule has 1 heterocycles. The summed E-state index contributed by atoms with van der Waals surface area (Å²) in [5.74, 6) is 2.99. The third-order valence-electron chi connectivity index (χ3n) is 3.25. The number of aromatic amines is 1. The Morgan fingerprint density at radius 2 is 1.86 bits per heavy atom. The predicted octanol–water partition coefficient (Wildman–Crippen LogP) is 3.55. The van der Waals surface area contributed by atoms with Gasteiger partial charge in [-0.05, 0) is 31.2 Å². The van der Waals surface area contributed by atoms with Crippen molar-refractivity contribution in [1.29, 1.82) is 0 Å². The Morgan fingerprint density at radius 1 is 1.05 bits per heavy atom. The lowest BCUT2D eigenvalue weighted by Gasteiger charge is -2.08. The molecule has 0 aliphatic rings. The first kappa shape index (κ1) is 14.3. The van der Waals surface area contributed by atoms with Crippen LogP contribution in [0.2, 0.25) is 0 Å². The van der Waals surface area contributed by atoms with Gasteiger partial charge in [0.25, 0.3) is 0 Å². The Morgan fingerprint density at radius 3 is 2.64 bits per heavy atom. The van der Waals surface area contributed by atoms with Gasteiger partial charge in [-0.2, -0.15) is 0 Å². The number of benzene rings is 2. The van der Waals surface area contributed by atoms with E-state index in [-0.39, 0.29) is 0 Å². The Kier molecular flexibility index (Phi) is 4.14. The molecule has 0 fully saturated rings. The highest BCUT2D eigenvalue weighted by atomic mass is 16.5. The van der Waals surface area contributed by atoms with Crippen LogP contribution in [0.4, 0.5) is 0 Å². The van der Waals surface area contributed by atoms with Crippen LogP contribution in [-0.2, 0) is 6.61 Å². The molecular formula is C17H18N2O3. The molecule has 0 aliphatic heterocycles. The van der Waals surface area contributed by atoms with Gasteiger partial charge >= 0.3 is 0 Å². The molecule has 3 rings (SSSR count). The van der Waals surface area contributed by atoms with Crippen molar-refractivity contribution in [3.63, 3.8) is 0 Å². The van der Waals surface area contributed by atoms with Crippen LogP contribution < -0.4 is 14.2 Å². The average molecular weight is 298 g/mol. The smallest absolute Gasteiger partial charge is 0.161 e. The number of rotatable bonds is 6. The third kappa shape index (κ3) is 2.98. The molecule has 5 heteroatoms. The quantitative estimate of drug-likeness (QED) is 0.756. The van der Waals surface area contributed by atoms with E-state index < -0.39 is 0 Å². The number of ether oxygens (including phenoxy) is 3. The summed E-state index contributed by atoms with van der Waals surface area (Å²) in [7, 11) is 1.62. The van der Waals surface area contributed by atoms with Gasteiger partial charge in [-0.3, -0.25) is 0 Å². The number of fused-ring (bicyclic) bond motifs is 1. The molecule has 3 aromatic rings. The molecule has 0 saturated heterocycles. The Hall–Kier alpha value is -2.69. The lowest BCUT2D eigenvalue weighted by molar-refractivity contribution is 0.277. The van der Waals surface area contributed by atoms with Gasteiger partial charge < -0.3 is 19.2 Å². The molecule has 114 valence electrons. The maximum absolute atomic E-state index is 5.77. The van der Waals surface area contributed by atoms with Crippen molar-refractivity contribution in [3.8, 4) is 17.2 Å². The van der Waals surface area contributed by atoms with E-state index in [1.54, 1.807) is 7.11 Å². The minimum absolute atomic E-state index is 0.346. The molecule has 2 aromatic carbocycles.